The minimum atomic E-state index is -0.458. The predicted octanol–water partition coefficient (Wildman–Crippen LogP) is 3.37. The molecule has 2 aromatic carbocycles. The third-order valence-corrected chi connectivity index (χ3v) is 3.37. The molecule has 0 fully saturated rings. The van der Waals surface area contributed by atoms with Gasteiger partial charge in [-0.3, -0.25) is 4.79 Å². The third-order valence-electron chi connectivity index (χ3n) is 3.37. The van der Waals surface area contributed by atoms with Crippen LogP contribution in [-0.4, -0.2) is 25.0 Å². The smallest absolute Gasteiger partial charge is 0.347 e. The van der Waals surface area contributed by atoms with Crippen LogP contribution in [0.25, 0.3) is 0 Å². The molecule has 0 saturated heterocycles. The summed E-state index contributed by atoms with van der Waals surface area (Å²) < 4.78 is 11.0. The minimum absolute atomic E-state index is 0.185. The monoisotopic (exact) mass is 339 g/mol. The van der Waals surface area contributed by atoms with Crippen molar-refractivity contribution in [2.24, 2.45) is 0 Å². The summed E-state index contributed by atoms with van der Waals surface area (Å²) in [5, 5.41) is 2.70. The van der Waals surface area contributed by atoms with Crippen molar-refractivity contribution < 1.29 is 19.1 Å². The SMILES string of the molecule is C=CC(=O)NCCCCOc1ccccc1C(=O)Oc1ccccc1. The number of amides is 1. The Balaban J connectivity index is 1.84. The van der Waals surface area contributed by atoms with E-state index in [9.17, 15) is 9.59 Å². The number of nitrogens with one attached hydrogen (secondary N) is 1. The van der Waals surface area contributed by atoms with Gasteiger partial charge in [-0.15, -0.1) is 0 Å². The van der Waals surface area contributed by atoms with Crippen LogP contribution in [0.1, 0.15) is 23.2 Å². The molecule has 0 spiro atoms. The second-order valence-corrected chi connectivity index (χ2v) is 5.25. The van der Waals surface area contributed by atoms with Crippen LogP contribution in [0.15, 0.2) is 67.3 Å². The number of esters is 1. The average molecular weight is 339 g/mol. The van der Waals surface area contributed by atoms with E-state index in [0.717, 1.165) is 12.8 Å². The van der Waals surface area contributed by atoms with Gasteiger partial charge in [-0.2, -0.15) is 0 Å². The normalized spacial score (nSPS) is 9.92. The number of benzene rings is 2. The van der Waals surface area contributed by atoms with E-state index in [2.05, 4.69) is 11.9 Å². The molecule has 0 saturated carbocycles. The predicted molar refractivity (Wildman–Crippen MR) is 95.8 cm³/mol. The highest BCUT2D eigenvalue weighted by molar-refractivity contribution is 5.94. The molecular weight excluding hydrogens is 318 g/mol. The molecule has 0 radical (unpaired) electrons. The highest BCUT2D eigenvalue weighted by Crippen LogP contribution is 2.21. The van der Waals surface area contributed by atoms with Crippen LogP contribution < -0.4 is 14.8 Å². The zero-order valence-corrected chi connectivity index (χ0v) is 13.9. The Kier molecular flexibility index (Phi) is 7.25. The fourth-order valence-corrected chi connectivity index (χ4v) is 2.10. The van der Waals surface area contributed by atoms with E-state index in [1.54, 1.807) is 48.5 Å². The number of rotatable bonds is 9. The fourth-order valence-electron chi connectivity index (χ4n) is 2.10. The number of hydrogen-bond donors (Lipinski definition) is 1. The maximum atomic E-state index is 12.3. The lowest BCUT2D eigenvalue weighted by atomic mass is 10.2. The molecule has 2 rings (SSSR count). The first kappa shape index (κ1) is 18.3. The summed E-state index contributed by atoms with van der Waals surface area (Å²) in [7, 11) is 0. The molecule has 0 bridgehead atoms. The van der Waals surface area contributed by atoms with Crippen molar-refractivity contribution in [2.75, 3.05) is 13.2 Å². The Morgan fingerprint density at radius 2 is 1.72 bits per heavy atom. The van der Waals surface area contributed by atoms with Crippen LogP contribution in [0, 0.1) is 0 Å². The molecule has 0 aromatic heterocycles. The molecule has 0 unspecified atom stereocenters. The second-order valence-electron chi connectivity index (χ2n) is 5.25. The molecule has 1 N–H and O–H groups in total. The van der Waals surface area contributed by atoms with Gasteiger partial charge in [-0.1, -0.05) is 36.9 Å². The zero-order chi connectivity index (χ0) is 17.9. The maximum Gasteiger partial charge on any atom is 0.347 e. The van der Waals surface area contributed by atoms with Gasteiger partial charge in [0.25, 0.3) is 0 Å². The van der Waals surface area contributed by atoms with E-state index >= 15 is 0 Å². The number of para-hydroxylation sites is 2. The van der Waals surface area contributed by atoms with Gasteiger partial charge in [0.05, 0.1) is 6.61 Å². The Labute approximate surface area is 147 Å². The van der Waals surface area contributed by atoms with Crippen LogP contribution in [0.3, 0.4) is 0 Å². The summed E-state index contributed by atoms with van der Waals surface area (Å²) in [5.74, 6) is 0.328. The topological polar surface area (TPSA) is 64.6 Å². The summed E-state index contributed by atoms with van der Waals surface area (Å²) in [6.45, 7) is 4.40. The van der Waals surface area contributed by atoms with E-state index in [0.29, 0.717) is 30.2 Å². The lowest BCUT2D eigenvalue weighted by Gasteiger charge is -2.11. The van der Waals surface area contributed by atoms with Crippen molar-refractivity contribution in [1.29, 1.82) is 0 Å². The summed E-state index contributed by atoms with van der Waals surface area (Å²) >= 11 is 0. The number of hydrogen-bond acceptors (Lipinski definition) is 4. The van der Waals surface area contributed by atoms with Gasteiger partial charge in [-0.05, 0) is 43.2 Å². The van der Waals surface area contributed by atoms with Crippen molar-refractivity contribution in [3.05, 3.63) is 72.8 Å². The van der Waals surface area contributed by atoms with E-state index in [1.165, 1.54) is 6.08 Å². The Morgan fingerprint density at radius 3 is 2.48 bits per heavy atom. The number of unbranched alkanes of at least 4 members (excludes halogenated alkanes) is 1. The van der Waals surface area contributed by atoms with E-state index in [1.807, 2.05) is 6.07 Å². The summed E-state index contributed by atoms with van der Waals surface area (Å²) in [6.07, 6.45) is 2.76. The van der Waals surface area contributed by atoms with Crippen LogP contribution in [0.5, 0.6) is 11.5 Å². The van der Waals surface area contributed by atoms with Crippen LogP contribution in [0.4, 0.5) is 0 Å². The molecule has 0 heterocycles. The van der Waals surface area contributed by atoms with Crippen molar-refractivity contribution in [3.8, 4) is 11.5 Å². The molecule has 130 valence electrons. The molecule has 0 aliphatic heterocycles. The lowest BCUT2D eigenvalue weighted by molar-refractivity contribution is -0.116. The van der Waals surface area contributed by atoms with Crippen molar-refractivity contribution >= 4 is 11.9 Å². The zero-order valence-electron chi connectivity index (χ0n) is 13.9. The van der Waals surface area contributed by atoms with Gasteiger partial charge in [0.2, 0.25) is 5.91 Å². The second kappa shape index (κ2) is 9.93. The van der Waals surface area contributed by atoms with Crippen molar-refractivity contribution in [3.63, 3.8) is 0 Å². The highest BCUT2D eigenvalue weighted by Gasteiger charge is 2.14. The van der Waals surface area contributed by atoms with Crippen molar-refractivity contribution in [1.82, 2.24) is 5.32 Å². The molecule has 2 aromatic rings. The first-order chi connectivity index (χ1) is 12.2. The molecule has 25 heavy (non-hydrogen) atoms. The van der Waals surface area contributed by atoms with E-state index < -0.39 is 5.97 Å². The summed E-state index contributed by atoms with van der Waals surface area (Å²) in [5.41, 5.74) is 0.381. The highest BCUT2D eigenvalue weighted by atomic mass is 16.5. The van der Waals surface area contributed by atoms with E-state index in [-0.39, 0.29) is 5.91 Å². The number of carbonyl (C=O) groups excluding carboxylic acids is 2. The van der Waals surface area contributed by atoms with Gasteiger partial charge >= 0.3 is 5.97 Å². The molecule has 0 atom stereocenters. The largest absolute Gasteiger partial charge is 0.493 e. The van der Waals surface area contributed by atoms with Crippen LogP contribution in [0.2, 0.25) is 0 Å². The van der Waals surface area contributed by atoms with E-state index in [4.69, 9.17) is 9.47 Å². The number of carbonyl (C=O) groups is 2. The molecule has 0 aliphatic carbocycles. The molecular formula is C20H21NO4. The molecule has 5 nitrogen and oxygen atoms in total. The Hall–Kier alpha value is -3.08. The Bertz CT molecular complexity index is 713. The van der Waals surface area contributed by atoms with Gasteiger partial charge < -0.3 is 14.8 Å². The summed E-state index contributed by atoms with van der Waals surface area (Å²) in [4.78, 5) is 23.3. The first-order valence-electron chi connectivity index (χ1n) is 8.10. The fraction of sp³-hybridized carbons (Fsp3) is 0.200. The standard InChI is InChI=1S/C20H21NO4/c1-2-19(22)21-14-8-9-15-24-18-13-7-6-12-17(18)20(23)25-16-10-4-3-5-11-16/h2-7,10-13H,1,8-9,14-15H2,(H,21,22). The summed E-state index contributed by atoms with van der Waals surface area (Å²) in [6, 6.07) is 15.9. The van der Waals surface area contributed by atoms with Gasteiger partial charge in [0.15, 0.2) is 0 Å². The third kappa shape index (κ3) is 6.14. The van der Waals surface area contributed by atoms with Gasteiger partial charge in [0, 0.05) is 6.54 Å². The first-order valence-corrected chi connectivity index (χ1v) is 8.10. The lowest BCUT2D eigenvalue weighted by Crippen LogP contribution is -2.22. The average Bonchev–Trinajstić information content (AvgIpc) is 2.65. The number of ether oxygens (including phenoxy) is 2. The van der Waals surface area contributed by atoms with Gasteiger partial charge in [0.1, 0.15) is 17.1 Å². The minimum Gasteiger partial charge on any atom is -0.493 e. The Morgan fingerprint density at radius 1 is 1.00 bits per heavy atom. The molecule has 1 amide bonds. The van der Waals surface area contributed by atoms with Gasteiger partial charge in [-0.25, -0.2) is 4.79 Å². The molecule has 5 heteroatoms. The van der Waals surface area contributed by atoms with Crippen LogP contribution >= 0.6 is 0 Å². The van der Waals surface area contributed by atoms with Crippen molar-refractivity contribution in [2.45, 2.75) is 12.8 Å². The quantitative estimate of drug-likeness (QED) is 0.329. The maximum absolute atomic E-state index is 12.3. The van der Waals surface area contributed by atoms with Crippen LogP contribution in [-0.2, 0) is 4.79 Å². The molecule has 0 aliphatic rings.